The Bertz CT molecular complexity index is 1340. The molecule has 1 aliphatic heterocycles. The Hall–Kier alpha value is -3.36. The van der Waals surface area contributed by atoms with Gasteiger partial charge in [0.2, 0.25) is 5.91 Å². The fraction of sp³-hybridized carbons (Fsp3) is 0.464. The summed E-state index contributed by atoms with van der Waals surface area (Å²) in [4.78, 5) is 16.2. The number of carbonyl (C=O) groups is 1. The Labute approximate surface area is 214 Å². The number of halogens is 3. The highest BCUT2D eigenvalue weighted by atomic mass is 19.4. The molecule has 5 rings (SSSR count). The maximum Gasteiger partial charge on any atom is 0.403 e. The van der Waals surface area contributed by atoms with Gasteiger partial charge >= 0.3 is 6.18 Å². The van der Waals surface area contributed by atoms with Gasteiger partial charge in [0.05, 0.1) is 11.7 Å². The molecule has 1 saturated heterocycles. The van der Waals surface area contributed by atoms with Gasteiger partial charge in [-0.05, 0) is 69.4 Å². The zero-order chi connectivity index (χ0) is 26.5. The standard InChI is InChI=1S/C28H32F3N5O/c1-17-6-5-7-22(18(17)2)19(3)32-25-24-16-21(8-9-23(24)20(4)33-34-25)35-12-14-36(15-13-35)26(37)27(10-11-27)28(29,30)31/h5-9,16,19H,10-15H2,1-4H3,(H,32,34)/t19-/m1/s1. The number of nitrogens with zero attached hydrogens (tertiary/aromatic N) is 4. The van der Waals surface area contributed by atoms with Crippen molar-refractivity contribution in [2.45, 2.75) is 52.8 Å². The Morgan fingerprint density at radius 1 is 1.00 bits per heavy atom. The highest BCUT2D eigenvalue weighted by molar-refractivity contribution is 5.95. The van der Waals surface area contributed by atoms with Crippen LogP contribution in [0.25, 0.3) is 10.8 Å². The molecule has 9 heteroatoms. The number of anilines is 2. The van der Waals surface area contributed by atoms with Crippen LogP contribution in [-0.4, -0.2) is 53.4 Å². The monoisotopic (exact) mass is 511 g/mol. The van der Waals surface area contributed by atoms with Crippen molar-refractivity contribution in [2.75, 3.05) is 36.4 Å². The minimum Gasteiger partial charge on any atom is -0.368 e. The maximum absolute atomic E-state index is 13.4. The van der Waals surface area contributed by atoms with Crippen LogP contribution in [0.3, 0.4) is 0 Å². The van der Waals surface area contributed by atoms with Gasteiger partial charge in [0, 0.05) is 42.6 Å². The van der Waals surface area contributed by atoms with Crippen molar-refractivity contribution in [1.82, 2.24) is 15.1 Å². The van der Waals surface area contributed by atoms with Gasteiger partial charge in [0.15, 0.2) is 5.82 Å². The predicted molar refractivity (Wildman–Crippen MR) is 139 cm³/mol. The molecule has 0 spiro atoms. The lowest BCUT2D eigenvalue weighted by Gasteiger charge is -2.38. The minimum atomic E-state index is -4.48. The summed E-state index contributed by atoms with van der Waals surface area (Å²) in [6.07, 6.45) is -4.68. The second kappa shape index (κ2) is 9.19. The molecule has 1 N–H and O–H groups in total. The van der Waals surface area contributed by atoms with E-state index < -0.39 is 17.5 Å². The topological polar surface area (TPSA) is 61.4 Å². The molecule has 0 radical (unpaired) electrons. The van der Waals surface area contributed by atoms with Crippen LogP contribution in [0.4, 0.5) is 24.7 Å². The van der Waals surface area contributed by atoms with Gasteiger partial charge in [0.25, 0.3) is 0 Å². The maximum atomic E-state index is 13.4. The number of hydrogen-bond acceptors (Lipinski definition) is 5. The van der Waals surface area contributed by atoms with E-state index in [1.165, 1.54) is 21.6 Å². The summed E-state index contributed by atoms with van der Waals surface area (Å²) in [5.74, 6) is -0.0819. The van der Waals surface area contributed by atoms with Crippen LogP contribution < -0.4 is 10.2 Å². The van der Waals surface area contributed by atoms with Gasteiger partial charge in [-0.1, -0.05) is 24.3 Å². The normalized spacial score (nSPS) is 18.1. The summed E-state index contributed by atoms with van der Waals surface area (Å²) in [6, 6.07) is 12.4. The van der Waals surface area contributed by atoms with Crippen LogP contribution in [0.5, 0.6) is 0 Å². The molecule has 2 fully saturated rings. The first-order valence-corrected chi connectivity index (χ1v) is 12.7. The summed E-state index contributed by atoms with van der Waals surface area (Å²) in [5.41, 5.74) is 3.28. The van der Waals surface area contributed by atoms with E-state index in [2.05, 4.69) is 65.5 Å². The fourth-order valence-corrected chi connectivity index (χ4v) is 5.32. The number of aromatic nitrogens is 2. The van der Waals surface area contributed by atoms with E-state index in [0.29, 0.717) is 18.9 Å². The van der Waals surface area contributed by atoms with Crippen LogP contribution in [-0.2, 0) is 4.79 Å². The average Bonchev–Trinajstić information content (AvgIpc) is 3.69. The summed E-state index contributed by atoms with van der Waals surface area (Å²) < 4.78 is 40.3. The predicted octanol–water partition coefficient (Wildman–Crippen LogP) is 5.72. The van der Waals surface area contributed by atoms with Crippen molar-refractivity contribution in [3.05, 3.63) is 58.8 Å². The molecule has 1 atom stereocenters. The molecule has 1 saturated carbocycles. The van der Waals surface area contributed by atoms with E-state index in [9.17, 15) is 18.0 Å². The number of fused-ring (bicyclic) bond motifs is 1. The van der Waals surface area contributed by atoms with Crippen LogP contribution in [0.1, 0.15) is 48.2 Å². The number of amides is 1. The van der Waals surface area contributed by atoms with Gasteiger partial charge in [-0.2, -0.15) is 18.3 Å². The van der Waals surface area contributed by atoms with Crippen molar-refractivity contribution in [3.63, 3.8) is 0 Å². The minimum absolute atomic E-state index is 0.0155. The van der Waals surface area contributed by atoms with Gasteiger partial charge in [0.1, 0.15) is 5.41 Å². The van der Waals surface area contributed by atoms with Crippen molar-refractivity contribution in [2.24, 2.45) is 5.41 Å². The van der Waals surface area contributed by atoms with Crippen LogP contribution in [0.15, 0.2) is 36.4 Å². The third-order valence-electron chi connectivity index (χ3n) is 8.05. The zero-order valence-corrected chi connectivity index (χ0v) is 21.6. The highest BCUT2D eigenvalue weighted by Gasteiger charge is 2.69. The first-order valence-electron chi connectivity index (χ1n) is 12.7. The molecule has 37 heavy (non-hydrogen) atoms. The average molecular weight is 512 g/mol. The SMILES string of the molecule is Cc1cccc([C@@H](C)Nc2nnc(C)c3ccc(N4CCN(C(=O)C5(C(F)(F)F)CC5)CC4)cc23)c1C. The lowest BCUT2D eigenvalue weighted by atomic mass is 9.98. The smallest absolute Gasteiger partial charge is 0.368 e. The number of benzene rings is 2. The van der Waals surface area contributed by atoms with Crippen LogP contribution >= 0.6 is 0 Å². The number of piperazine rings is 1. The number of rotatable bonds is 5. The number of aryl methyl sites for hydroxylation is 2. The third-order valence-corrected chi connectivity index (χ3v) is 8.05. The second-order valence-corrected chi connectivity index (χ2v) is 10.4. The first kappa shape index (κ1) is 25.3. The van der Waals surface area contributed by atoms with E-state index in [1.807, 2.05) is 19.1 Å². The van der Waals surface area contributed by atoms with Crippen LogP contribution in [0.2, 0.25) is 0 Å². The van der Waals surface area contributed by atoms with Crippen molar-refractivity contribution >= 4 is 28.2 Å². The molecule has 1 amide bonds. The van der Waals surface area contributed by atoms with E-state index in [-0.39, 0.29) is 32.0 Å². The number of carbonyl (C=O) groups excluding carboxylic acids is 1. The third kappa shape index (κ3) is 4.49. The molecule has 1 aromatic heterocycles. The Kier molecular flexibility index (Phi) is 6.28. The summed E-state index contributed by atoms with van der Waals surface area (Å²) in [7, 11) is 0. The van der Waals surface area contributed by atoms with Gasteiger partial charge < -0.3 is 15.1 Å². The van der Waals surface area contributed by atoms with Crippen molar-refractivity contribution < 1.29 is 18.0 Å². The largest absolute Gasteiger partial charge is 0.403 e. The quantitative estimate of drug-likeness (QED) is 0.475. The molecule has 2 heterocycles. The van der Waals surface area contributed by atoms with Crippen LogP contribution in [0, 0.1) is 26.2 Å². The van der Waals surface area contributed by atoms with Gasteiger partial charge in [-0.3, -0.25) is 4.79 Å². The molecular formula is C28H32F3N5O. The molecule has 6 nitrogen and oxygen atoms in total. The first-order chi connectivity index (χ1) is 17.5. The fourth-order valence-electron chi connectivity index (χ4n) is 5.32. The second-order valence-electron chi connectivity index (χ2n) is 10.4. The molecule has 3 aromatic rings. The Balaban J connectivity index is 1.36. The molecule has 2 aromatic carbocycles. The summed E-state index contributed by atoms with van der Waals surface area (Å²) >= 11 is 0. The number of hydrogen-bond donors (Lipinski definition) is 1. The van der Waals surface area contributed by atoms with Gasteiger partial charge in [-0.25, -0.2) is 0 Å². The summed E-state index contributed by atoms with van der Waals surface area (Å²) in [6.45, 7) is 9.74. The molecule has 0 bridgehead atoms. The summed E-state index contributed by atoms with van der Waals surface area (Å²) in [5, 5.41) is 14.3. The lowest BCUT2D eigenvalue weighted by Crippen LogP contribution is -2.53. The number of alkyl halides is 3. The van der Waals surface area contributed by atoms with Gasteiger partial charge in [-0.15, -0.1) is 5.10 Å². The van der Waals surface area contributed by atoms with Crippen molar-refractivity contribution in [3.8, 4) is 0 Å². The van der Waals surface area contributed by atoms with E-state index in [1.54, 1.807) is 0 Å². The molecule has 0 unspecified atom stereocenters. The Morgan fingerprint density at radius 2 is 1.70 bits per heavy atom. The van der Waals surface area contributed by atoms with E-state index in [0.717, 1.165) is 22.2 Å². The molecular weight excluding hydrogens is 479 g/mol. The zero-order valence-electron chi connectivity index (χ0n) is 21.6. The van der Waals surface area contributed by atoms with E-state index >= 15 is 0 Å². The molecule has 2 aliphatic rings. The molecule has 1 aliphatic carbocycles. The number of nitrogens with one attached hydrogen (secondary N) is 1. The van der Waals surface area contributed by atoms with E-state index in [4.69, 9.17) is 0 Å². The highest BCUT2D eigenvalue weighted by Crippen LogP contribution is 2.58. The molecule has 196 valence electrons. The Morgan fingerprint density at radius 3 is 2.35 bits per heavy atom. The van der Waals surface area contributed by atoms with Crippen molar-refractivity contribution in [1.29, 1.82) is 0 Å². The lowest BCUT2D eigenvalue weighted by molar-refractivity contribution is -0.198.